The molecule has 0 bridgehead atoms. The summed E-state index contributed by atoms with van der Waals surface area (Å²) in [5, 5.41) is 0.319. The zero-order chi connectivity index (χ0) is 23.6. The molecule has 0 saturated heterocycles. The number of methoxy groups -OCH3 is 1. The fourth-order valence-electron chi connectivity index (χ4n) is 3.29. The number of benzene rings is 3. The second kappa shape index (κ2) is 8.82. The second-order valence-electron chi connectivity index (χ2n) is 8.58. The third-order valence-corrected chi connectivity index (χ3v) is 5.18. The van der Waals surface area contributed by atoms with Crippen molar-refractivity contribution in [2.75, 3.05) is 7.11 Å². The highest BCUT2D eigenvalue weighted by Crippen LogP contribution is 2.28. The smallest absolute Gasteiger partial charge is 0.343 e. The minimum Gasteiger partial charge on any atom is -0.497 e. The minimum absolute atomic E-state index is 0.0221. The molecule has 0 atom stereocenters. The first-order chi connectivity index (χ1) is 15.7. The molecule has 0 amide bonds. The first-order valence-corrected chi connectivity index (χ1v) is 10.4. The van der Waals surface area contributed by atoms with Crippen molar-refractivity contribution in [3.8, 4) is 23.0 Å². The molecule has 0 radical (unpaired) electrons. The van der Waals surface area contributed by atoms with Crippen LogP contribution in [0.2, 0.25) is 0 Å². The second-order valence-corrected chi connectivity index (χ2v) is 8.58. The van der Waals surface area contributed by atoms with Crippen LogP contribution in [0.25, 0.3) is 11.0 Å². The quantitative estimate of drug-likeness (QED) is 0.273. The Morgan fingerprint density at radius 2 is 1.61 bits per heavy atom. The lowest BCUT2D eigenvalue weighted by Gasteiger charge is -2.19. The number of carbonyl (C=O) groups is 1. The predicted octanol–water partition coefficient (Wildman–Crippen LogP) is 6.11. The van der Waals surface area contributed by atoms with Crippen LogP contribution in [0.1, 0.15) is 36.7 Å². The first kappa shape index (κ1) is 22.1. The van der Waals surface area contributed by atoms with Crippen LogP contribution in [0.4, 0.5) is 0 Å². The Morgan fingerprint density at radius 3 is 2.30 bits per heavy atom. The summed E-state index contributed by atoms with van der Waals surface area (Å²) < 4.78 is 21.9. The zero-order valence-electron chi connectivity index (χ0n) is 18.9. The average Bonchev–Trinajstić information content (AvgIpc) is 2.80. The van der Waals surface area contributed by atoms with E-state index in [0.29, 0.717) is 22.4 Å². The zero-order valence-corrected chi connectivity index (χ0v) is 18.9. The van der Waals surface area contributed by atoms with Gasteiger partial charge in [0.1, 0.15) is 29.1 Å². The molecule has 6 heteroatoms. The van der Waals surface area contributed by atoms with Crippen molar-refractivity contribution in [2.45, 2.75) is 26.2 Å². The van der Waals surface area contributed by atoms with Gasteiger partial charge in [0.2, 0.25) is 11.2 Å². The number of ether oxygens (including phenoxy) is 3. The summed E-state index contributed by atoms with van der Waals surface area (Å²) in [6.07, 6.45) is 1.26. The van der Waals surface area contributed by atoms with Gasteiger partial charge in [-0.3, -0.25) is 4.79 Å². The molecule has 0 aliphatic carbocycles. The largest absolute Gasteiger partial charge is 0.497 e. The van der Waals surface area contributed by atoms with Crippen LogP contribution in [0.5, 0.6) is 23.0 Å². The van der Waals surface area contributed by atoms with Crippen molar-refractivity contribution < 1.29 is 23.4 Å². The summed E-state index contributed by atoms with van der Waals surface area (Å²) in [4.78, 5) is 25.3. The van der Waals surface area contributed by atoms with Crippen LogP contribution in [0, 0.1) is 0 Å². The summed E-state index contributed by atoms with van der Waals surface area (Å²) in [6, 6.07) is 18.8. The van der Waals surface area contributed by atoms with Crippen molar-refractivity contribution in [3.05, 3.63) is 94.3 Å². The van der Waals surface area contributed by atoms with E-state index in [4.69, 9.17) is 18.6 Å². The van der Waals surface area contributed by atoms with Gasteiger partial charge >= 0.3 is 5.97 Å². The third kappa shape index (κ3) is 4.90. The number of carbonyl (C=O) groups excluding carboxylic acids is 1. The van der Waals surface area contributed by atoms with E-state index in [1.54, 1.807) is 36.4 Å². The van der Waals surface area contributed by atoms with E-state index in [0.717, 1.165) is 5.56 Å². The number of fused-ring (bicyclic) bond motifs is 1. The standard InChI is InChI=1S/C27H24O6/c1-27(2,3)18-8-10-19(11-9-18)32-24-16-31-23-15-21(12-13-22(23)25(24)28)33-26(29)17-6-5-7-20(14-17)30-4/h5-16H,1-4H3. The van der Waals surface area contributed by atoms with Gasteiger partial charge < -0.3 is 18.6 Å². The van der Waals surface area contributed by atoms with E-state index >= 15 is 0 Å². The van der Waals surface area contributed by atoms with Gasteiger partial charge in [-0.2, -0.15) is 0 Å². The number of esters is 1. The van der Waals surface area contributed by atoms with Gasteiger partial charge in [-0.1, -0.05) is 39.0 Å². The molecule has 4 rings (SSSR count). The molecule has 0 aliphatic heterocycles. The Morgan fingerprint density at radius 1 is 0.879 bits per heavy atom. The van der Waals surface area contributed by atoms with Gasteiger partial charge in [0.05, 0.1) is 18.1 Å². The van der Waals surface area contributed by atoms with Gasteiger partial charge in [0, 0.05) is 6.07 Å². The molecule has 0 aliphatic rings. The summed E-state index contributed by atoms with van der Waals surface area (Å²) >= 11 is 0. The molecule has 3 aromatic carbocycles. The number of hydrogen-bond acceptors (Lipinski definition) is 6. The van der Waals surface area contributed by atoms with E-state index in [9.17, 15) is 9.59 Å². The van der Waals surface area contributed by atoms with Gasteiger partial charge in [0.15, 0.2) is 0 Å². The highest BCUT2D eigenvalue weighted by Gasteiger charge is 2.15. The highest BCUT2D eigenvalue weighted by atomic mass is 16.5. The maximum absolute atomic E-state index is 12.9. The molecule has 168 valence electrons. The van der Waals surface area contributed by atoms with Crippen LogP contribution in [0.3, 0.4) is 0 Å². The normalized spacial score (nSPS) is 11.3. The molecular formula is C27H24O6. The van der Waals surface area contributed by atoms with Crippen LogP contribution in [-0.2, 0) is 5.41 Å². The van der Waals surface area contributed by atoms with Crippen LogP contribution in [-0.4, -0.2) is 13.1 Å². The molecule has 0 saturated carbocycles. The molecule has 0 N–H and O–H groups in total. The Bertz CT molecular complexity index is 1360. The Kier molecular flexibility index (Phi) is 5.92. The van der Waals surface area contributed by atoms with E-state index in [2.05, 4.69) is 20.8 Å². The lowest BCUT2D eigenvalue weighted by Crippen LogP contribution is -2.10. The van der Waals surface area contributed by atoms with Gasteiger partial charge in [0.25, 0.3) is 0 Å². The van der Waals surface area contributed by atoms with Crippen molar-refractivity contribution in [1.82, 2.24) is 0 Å². The highest BCUT2D eigenvalue weighted by molar-refractivity contribution is 5.92. The molecule has 6 nitrogen and oxygen atoms in total. The van der Waals surface area contributed by atoms with Gasteiger partial charge in [-0.05, 0) is 53.4 Å². The van der Waals surface area contributed by atoms with Crippen molar-refractivity contribution in [1.29, 1.82) is 0 Å². The molecule has 33 heavy (non-hydrogen) atoms. The molecule has 1 aromatic heterocycles. The van der Waals surface area contributed by atoms with Gasteiger partial charge in [-0.25, -0.2) is 4.79 Å². The Balaban J connectivity index is 1.55. The van der Waals surface area contributed by atoms with Crippen molar-refractivity contribution in [2.24, 2.45) is 0 Å². The van der Waals surface area contributed by atoms with Crippen molar-refractivity contribution in [3.63, 3.8) is 0 Å². The molecule has 0 fully saturated rings. The van der Waals surface area contributed by atoms with E-state index in [1.165, 1.54) is 19.4 Å². The molecule has 1 heterocycles. The van der Waals surface area contributed by atoms with Gasteiger partial charge in [-0.15, -0.1) is 0 Å². The summed E-state index contributed by atoms with van der Waals surface area (Å²) in [7, 11) is 1.52. The van der Waals surface area contributed by atoms with Crippen LogP contribution in [0.15, 0.2) is 82.2 Å². The summed E-state index contributed by atoms with van der Waals surface area (Å²) in [6.45, 7) is 6.38. The SMILES string of the molecule is COc1cccc(C(=O)Oc2ccc3c(=O)c(Oc4ccc(C(C)(C)C)cc4)coc3c2)c1. The molecule has 0 unspecified atom stereocenters. The topological polar surface area (TPSA) is 75.0 Å². The van der Waals surface area contributed by atoms with Crippen molar-refractivity contribution >= 4 is 16.9 Å². The predicted molar refractivity (Wildman–Crippen MR) is 126 cm³/mol. The Hall–Kier alpha value is -4.06. The minimum atomic E-state index is -0.547. The fraction of sp³-hybridized carbons (Fsp3) is 0.185. The summed E-state index contributed by atoms with van der Waals surface area (Å²) in [5.41, 5.74) is 1.50. The van der Waals surface area contributed by atoms with E-state index in [-0.39, 0.29) is 27.9 Å². The van der Waals surface area contributed by atoms with Crippen LogP contribution < -0.4 is 19.6 Å². The lowest BCUT2D eigenvalue weighted by molar-refractivity contribution is 0.0734. The first-order valence-electron chi connectivity index (χ1n) is 10.4. The average molecular weight is 444 g/mol. The Labute approximate surface area is 191 Å². The summed E-state index contributed by atoms with van der Waals surface area (Å²) in [5.74, 6) is 0.874. The molecule has 4 aromatic rings. The maximum Gasteiger partial charge on any atom is 0.343 e. The maximum atomic E-state index is 12.9. The third-order valence-electron chi connectivity index (χ3n) is 5.18. The monoisotopic (exact) mass is 444 g/mol. The molecular weight excluding hydrogens is 420 g/mol. The van der Waals surface area contributed by atoms with E-state index in [1.807, 2.05) is 24.3 Å². The lowest BCUT2D eigenvalue weighted by atomic mass is 9.87. The van der Waals surface area contributed by atoms with E-state index < -0.39 is 5.97 Å². The fourth-order valence-corrected chi connectivity index (χ4v) is 3.29. The number of rotatable bonds is 5. The molecule has 0 spiro atoms. The van der Waals surface area contributed by atoms with Crippen LogP contribution >= 0.6 is 0 Å². The number of hydrogen-bond donors (Lipinski definition) is 0.